The van der Waals surface area contributed by atoms with Crippen LogP contribution in [0.3, 0.4) is 0 Å². The van der Waals surface area contributed by atoms with Crippen molar-refractivity contribution in [3.8, 4) is 5.88 Å². The highest BCUT2D eigenvalue weighted by Gasteiger charge is 2.32. The van der Waals surface area contributed by atoms with Crippen molar-refractivity contribution in [1.82, 2.24) is 10.3 Å². The molecule has 1 amide bonds. The molecule has 1 heterocycles. The third-order valence-electron chi connectivity index (χ3n) is 3.36. The fourth-order valence-electron chi connectivity index (χ4n) is 2.17. The zero-order valence-electron chi connectivity index (χ0n) is 12.3. The van der Waals surface area contributed by atoms with Gasteiger partial charge in [0.25, 0.3) is 5.91 Å². The Balaban J connectivity index is 2.03. The molecule has 5 nitrogen and oxygen atoms in total. The third-order valence-corrected chi connectivity index (χ3v) is 3.64. The highest BCUT2D eigenvalue weighted by molar-refractivity contribution is 6.32. The van der Waals surface area contributed by atoms with Crippen LogP contribution in [0.25, 0.3) is 0 Å². The zero-order valence-corrected chi connectivity index (χ0v) is 13.1. The number of pyridine rings is 1. The van der Waals surface area contributed by atoms with E-state index in [-0.39, 0.29) is 24.7 Å². The van der Waals surface area contributed by atoms with E-state index in [9.17, 15) is 4.79 Å². The van der Waals surface area contributed by atoms with Gasteiger partial charge in [-0.3, -0.25) is 4.79 Å². The second-order valence-electron chi connectivity index (χ2n) is 5.61. The average molecular weight is 313 g/mol. The van der Waals surface area contributed by atoms with Gasteiger partial charge < -0.3 is 15.2 Å². The molecule has 1 aromatic rings. The normalized spacial score (nSPS) is 15.9. The molecule has 0 bridgehead atoms. The number of nitrogens with zero attached hydrogens (tertiary/aromatic N) is 1. The first-order valence-electron chi connectivity index (χ1n) is 7.25. The van der Waals surface area contributed by atoms with Crippen LogP contribution in [0, 0.1) is 5.92 Å². The van der Waals surface area contributed by atoms with E-state index in [0.717, 1.165) is 12.8 Å². The fourth-order valence-corrected chi connectivity index (χ4v) is 2.39. The van der Waals surface area contributed by atoms with E-state index in [4.69, 9.17) is 21.4 Å². The van der Waals surface area contributed by atoms with Gasteiger partial charge in [-0.15, -0.1) is 0 Å². The van der Waals surface area contributed by atoms with Gasteiger partial charge in [-0.2, -0.15) is 0 Å². The lowest BCUT2D eigenvalue weighted by molar-refractivity contribution is 0.0924. The lowest BCUT2D eigenvalue weighted by atomic mass is 10.1. The number of ether oxygens (including phenoxy) is 1. The van der Waals surface area contributed by atoms with Gasteiger partial charge in [-0.05, 0) is 45.1 Å². The van der Waals surface area contributed by atoms with Gasteiger partial charge in [-0.25, -0.2) is 4.98 Å². The van der Waals surface area contributed by atoms with Crippen molar-refractivity contribution in [2.75, 3.05) is 6.61 Å². The van der Waals surface area contributed by atoms with Crippen LogP contribution in [0.5, 0.6) is 5.88 Å². The Morgan fingerprint density at radius 1 is 1.57 bits per heavy atom. The number of carbonyl (C=O) groups is 1. The van der Waals surface area contributed by atoms with Crippen LogP contribution in [0.1, 0.15) is 43.5 Å². The summed E-state index contributed by atoms with van der Waals surface area (Å²) in [7, 11) is 0. The van der Waals surface area contributed by atoms with Gasteiger partial charge in [0.05, 0.1) is 11.7 Å². The number of rotatable bonds is 7. The van der Waals surface area contributed by atoms with E-state index >= 15 is 0 Å². The molecule has 0 aliphatic heterocycles. The minimum Gasteiger partial charge on any atom is -0.474 e. The van der Waals surface area contributed by atoms with Gasteiger partial charge in [0.1, 0.15) is 5.02 Å². The number of carbonyl (C=O) groups excluding carboxylic acids is 1. The smallest absolute Gasteiger partial charge is 0.253 e. The number of aliphatic hydroxyl groups is 1. The predicted molar refractivity (Wildman–Crippen MR) is 80.7 cm³/mol. The molecule has 1 saturated carbocycles. The maximum Gasteiger partial charge on any atom is 0.253 e. The molecule has 1 aliphatic rings. The van der Waals surface area contributed by atoms with Crippen LogP contribution < -0.4 is 10.1 Å². The highest BCUT2D eigenvalue weighted by atomic mass is 35.5. The topological polar surface area (TPSA) is 71.5 Å². The molecule has 1 aliphatic carbocycles. The summed E-state index contributed by atoms with van der Waals surface area (Å²) in [6.07, 6.45) is 4.21. The van der Waals surface area contributed by atoms with Crippen molar-refractivity contribution >= 4 is 17.5 Å². The summed E-state index contributed by atoms with van der Waals surface area (Å²) in [5, 5.41) is 12.3. The van der Waals surface area contributed by atoms with Gasteiger partial charge in [0, 0.05) is 18.8 Å². The minimum atomic E-state index is -0.217. The number of halogens is 1. The summed E-state index contributed by atoms with van der Waals surface area (Å²) in [5.41, 5.74) is 0.402. The van der Waals surface area contributed by atoms with Gasteiger partial charge in [0.15, 0.2) is 0 Å². The Bertz CT molecular complexity index is 504. The molecule has 0 saturated heterocycles. The Labute approximate surface area is 129 Å². The van der Waals surface area contributed by atoms with Gasteiger partial charge in [0.2, 0.25) is 5.88 Å². The van der Waals surface area contributed by atoms with Crippen molar-refractivity contribution in [2.24, 2.45) is 5.92 Å². The molecule has 1 aromatic heterocycles. The van der Waals surface area contributed by atoms with Crippen LogP contribution in [0.4, 0.5) is 0 Å². The molecule has 0 radical (unpaired) electrons. The third kappa shape index (κ3) is 4.58. The summed E-state index contributed by atoms with van der Waals surface area (Å²) in [4.78, 5) is 16.3. The SMILES string of the molecule is CC(C)Oc1ncc(C(=O)NC(CCO)C2CC2)cc1Cl. The number of hydrogen-bond donors (Lipinski definition) is 2. The van der Waals surface area contributed by atoms with E-state index in [1.807, 2.05) is 13.8 Å². The number of aliphatic hydroxyl groups excluding tert-OH is 1. The zero-order chi connectivity index (χ0) is 15.4. The first-order chi connectivity index (χ1) is 10.0. The molecule has 6 heteroatoms. The van der Waals surface area contributed by atoms with Crippen LogP contribution in [0.15, 0.2) is 12.3 Å². The molecule has 1 fully saturated rings. The summed E-state index contributed by atoms with van der Waals surface area (Å²) in [6, 6.07) is 1.58. The highest BCUT2D eigenvalue weighted by Crippen LogP contribution is 2.34. The van der Waals surface area contributed by atoms with Gasteiger partial charge in [-0.1, -0.05) is 11.6 Å². The van der Waals surface area contributed by atoms with Crippen LogP contribution in [0.2, 0.25) is 5.02 Å². The van der Waals surface area contributed by atoms with Crippen molar-refractivity contribution in [2.45, 2.75) is 45.3 Å². The molecular formula is C15H21ClN2O3. The first-order valence-corrected chi connectivity index (χ1v) is 7.63. The molecule has 116 valence electrons. The van der Waals surface area contributed by atoms with Crippen molar-refractivity contribution < 1.29 is 14.6 Å². The lowest BCUT2D eigenvalue weighted by Crippen LogP contribution is -2.37. The predicted octanol–water partition coefficient (Wildman–Crippen LogP) is 2.41. The maximum atomic E-state index is 12.2. The summed E-state index contributed by atoms with van der Waals surface area (Å²) < 4.78 is 5.44. The number of hydrogen-bond acceptors (Lipinski definition) is 4. The Morgan fingerprint density at radius 3 is 2.81 bits per heavy atom. The fraction of sp³-hybridized carbons (Fsp3) is 0.600. The summed E-state index contributed by atoms with van der Waals surface area (Å²) >= 11 is 6.08. The first kappa shape index (κ1) is 16.0. The van der Waals surface area contributed by atoms with E-state index in [1.54, 1.807) is 6.07 Å². The van der Waals surface area contributed by atoms with E-state index in [2.05, 4.69) is 10.3 Å². The molecule has 21 heavy (non-hydrogen) atoms. The van der Waals surface area contributed by atoms with Crippen molar-refractivity contribution in [3.63, 3.8) is 0 Å². The second-order valence-corrected chi connectivity index (χ2v) is 6.01. The van der Waals surface area contributed by atoms with Crippen LogP contribution in [-0.2, 0) is 0 Å². The van der Waals surface area contributed by atoms with Crippen molar-refractivity contribution in [1.29, 1.82) is 0 Å². The number of nitrogens with one attached hydrogen (secondary N) is 1. The number of aromatic nitrogens is 1. The van der Waals surface area contributed by atoms with Crippen LogP contribution in [-0.4, -0.2) is 34.8 Å². The molecule has 2 rings (SSSR count). The summed E-state index contributed by atoms with van der Waals surface area (Å²) in [6.45, 7) is 3.84. The molecule has 1 unspecified atom stereocenters. The Kier molecular flexibility index (Phi) is 5.42. The molecule has 0 spiro atoms. The largest absolute Gasteiger partial charge is 0.474 e. The van der Waals surface area contributed by atoms with Crippen molar-refractivity contribution in [3.05, 3.63) is 22.8 Å². The quantitative estimate of drug-likeness (QED) is 0.811. The monoisotopic (exact) mass is 312 g/mol. The number of amides is 1. The Morgan fingerprint density at radius 2 is 2.29 bits per heavy atom. The van der Waals surface area contributed by atoms with E-state index < -0.39 is 0 Å². The molecule has 0 aromatic carbocycles. The van der Waals surface area contributed by atoms with E-state index in [0.29, 0.717) is 28.8 Å². The summed E-state index contributed by atoms with van der Waals surface area (Å²) in [5.74, 6) is 0.594. The van der Waals surface area contributed by atoms with E-state index in [1.165, 1.54) is 6.20 Å². The molecular weight excluding hydrogens is 292 g/mol. The second kappa shape index (κ2) is 7.09. The maximum absolute atomic E-state index is 12.2. The molecule has 2 N–H and O–H groups in total. The van der Waals surface area contributed by atoms with Gasteiger partial charge >= 0.3 is 0 Å². The Hall–Kier alpha value is -1.33. The standard InChI is InChI=1S/C15H21ClN2O3/c1-9(2)21-15-12(16)7-11(8-17-15)14(20)18-13(5-6-19)10-3-4-10/h7-10,13,19H,3-6H2,1-2H3,(H,18,20). The van der Waals surface area contributed by atoms with Crippen LogP contribution >= 0.6 is 11.6 Å². The molecule has 1 atom stereocenters. The average Bonchev–Trinajstić information content (AvgIpc) is 3.24. The lowest BCUT2D eigenvalue weighted by Gasteiger charge is -2.17. The minimum absolute atomic E-state index is 0.0212.